The summed E-state index contributed by atoms with van der Waals surface area (Å²) in [6, 6.07) is 10.6. The number of hydrogen-bond donors (Lipinski definition) is 3. The van der Waals surface area contributed by atoms with Crippen LogP contribution in [0.5, 0.6) is 0 Å². The molecule has 32 heavy (non-hydrogen) atoms. The van der Waals surface area contributed by atoms with Crippen LogP contribution >= 0.6 is 0 Å². The fourth-order valence-corrected chi connectivity index (χ4v) is 5.67. The van der Waals surface area contributed by atoms with E-state index in [1.54, 1.807) is 0 Å². The van der Waals surface area contributed by atoms with Crippen LogP contribution in [0.1, 0.15) is 31.2 Å². The van der Waals surface area contributed by atoms with Crippen LogP contribution in [0.4, 0.5) is 0 Å². The Hall–Kier alpha value is -2.87. The van der Waals surface area contributed by atoms with Crippen molar-refractivity contribution in [2.24, 2.45) is 16.6 Å². The molecule has 0 aromatic heterocycles. The highest BCUT2D eigenvalue weighted by Crippen LogP contribution is 2.79. The van der Waals surface area contributed by atoms with Gasteiger partial charge in [-0.15, -0.1) is 0 Å². The number of piperidine rings is 1. The van der Waals surface area contributed by atoms with Crippen LogP contribution in [0.25, 0.3) is 0 Å². The summed E-state index contributed by atoms with van der Waals surface area (Å²) in [6.45, 7) is 4.82. The van der Waals surface area contributed by atoms with Crippen molar-refractivity contribution in [3.8, 4) is 0 Å². The first kappa shape index (κ1) is 21.0. The van der Waals surface area contributed by atoms with Gasteiger partial charge in [-0.2, -0.15) is 0 Å². The second-order valence-corrected chi connectivity index (χ2v) is 10.1. The molecule has 8 nitrogen and oxygen atoms in total. The molecule has 170 valence electrons. The fraction of sp³-hybridized carbons (Fsp3) is 0.542. The van der Waals surface area contributed by atoms with Crippen LogP contribution in [0.15, 0.2) is 42.1 Å². The van der Waals surface area contributed by atoms with E-state index in [1.165, 1.54) is 18.7 Å². The fourth-order valence-electron chi connectivity index (χ4n) is 5.67. The van der Waals surface area contributed by atoms with Crippen LogP contribution in [-0.4, -0.2) is 66.3 Å². The predicted molar refractivity (Wildman–Crippen MR) is 120 cm³/mol. The van der Waals surface area contributed by atoms with Gasteiger partial charge < -0.3 is 20.7 Å². The zero-order chi connectivity index (χ0) is 22.6. The van der Waals surface area contributed by atoms with Crippen LogP contribution < -0.4 is 11.1 Å². The first-order chi connectivity index (χ1) is 15.3. The van der Waals surface area contributed by atoms with Crippen molar-refractivity contribution in [1.29, 1.82) is 5.41 Å². The van der Waals surface area contributed by atoms with Gasteiger partial charge in [0.25, 0.3) is 5.91 Å². The van der Waals surface area contributed by atoms with Crippen LogP contribution in [0.2, 0.25) is 0 Å². The second-order valence-electron chi connectivity index (χ2n) is 10.1. The van der Waals surface area contributed by atoms with Gasteiger partial charge in [-0.3, -0.25) is 19.9 Å². The van der Waals surface area contributed by atoms with Crippen molar-refractivity contribution in [1.82, 2.24) is 15.1 Å². The monoisotopic (exact) mass is 437 g/mol. The van der Waals surface area contributed by atoms with Gasteiger partial charge in [0.15, 0.2) is 0 Å². The minimum Gasteiger partial charge on any atom is -0.481 e. The van der Waals surface area contributed by atoms with Gasteiger partial charge in [-0.05, 0) is 36.7 Å². The molecule has 2 saturated heterocycles. The Kier molecular flexibility index (Phi) is 4.81. The lowest BCUT2D eigenvalue weighted by molar-refractivity contribution is -0.140. The number of benzene rings is 1. The molecule has 2 saturated carbocycles. The minimum atomic E-state index is -0.440. The molecule has 4 N–H and O–H groups in total. The van der Waals surface area contributed by atoms with Crippen molar-refractivity contribution in [3.63, 3.8) is 0 Å². The molecule has 0 unspecified atom stereocenters. The van der Waals surface area contributed by atoms with Crippen LogP contribution in [-0.2, 0) is 20.9 Å². The number of fused-ring (bicyclic) bond motifs is 1. The number of likely N-dealkylation sites (tertiary alicyclic amines) is 2. The van der Waals surface area contributed by atoms with E-state index in [-0.39, 0.29) is 17.5 Å². The first-order valence-corrected chi connectivity index (χ1v) is 11.3. The van der Waals surface area contributed by atoms with Gasteiger partial charge >= 0.3 is 0 Å². The maximum atomic E-state index is 13.2. The van der Waals surface area contributed by atoms with Crippen molar-refractivity contribution in [2.45, 2.75) is 37.8 Å². The molecule has 2 heterocycles. The van der Waals surface area contributed by atoms with E-state index in [9.17, 15) is 9.59 Å². The average molecular weight is 438 g/mol. The van der Waals surface area contributed by atoms with E-state index < -0.39 is 16.9 Å². The highest BCUT2D eigenvalue weighted by molar-refractivity contribution is 6.02. The Labute approximate surface area is 188 Å². The van der Waals surface area contributed by atoms with E-state index in [0.717, 1.165) is 45.6 Å². The molecule has 8 heteroatoms. The van der Waals surface area contributed by atoms with E-state index in [0.29, 0.717) is 18.3 Å². The molecule has 4 fully saturated rings. The summed E-state index contributed by atoms with van der Waals surface area (Å²) in [4.78, 5) is 30.0. The molecule has 0 bridgehead atoms. The molecule has 1 aromatic rings. The summed E-state index contributed by atoms with van der Waals surface area (Å²) >= 11 is 0. The number of carbonyl (C=O) groups is 2. The number of methoxy groups -OCH3 is 1. The lowest BCUT2D eigenvalue weighted by Gasteiger charge is -2.54. The van der Waals surface area contributed by atoms with Gasteiger partial charge in [-0.25, -0.2) is 0 Å². The topological polar surface area (TPSA) is 112 Å². The van der Waals surface area contributed by atoms with Gasteiger partial charge in [0.1, 0.15) is 5.70 Å². The summed E-state index contributed by atoms with van der Waals surface area (Å²) in [5, 5.41) is 10.4. The van der Waals surface area contributed by atoms with Crippen molar-refractivity contribution < 1.29 is 14.3 Å². The number of ether oxygens (including phenoxy) is 1. The van der Waals surface area contributed by atoms with Crippen LogP contribution in [0, 0.1) is 16.2 Å². The number of hydrogen-bond acceptors (Lipinski definition) is 6. The third-order valence-corrected chi connectivity index (χ3v) is 7.88. The molecule has 2 aliphatic carbocycles. The minimum absolute atomic E-state index is 0.0728. The van der Waals surface area contributed by atoms with Crippen molar-refractivity contribution >= 4 is 17.7 Å². The number of amides is 2. The summed E-state index contributed by atoms with van der Waals surface area (Å²) in [6.07, 6.45) is 4.66. The number of carbonyl (C=O) groups excluding carboxylic acids is 2. The van der Waals surface area contributed by atoms with E-state index in [1.807, 2.05) is 11.0 Å². The maximum absolute atomic E-state index is 13.2. The smallest absolute Gasteiger partial charge is 0.267 e. The zero-order valence-corrected chi connectivity index (χ0v) is 18.5. The van der Waals surface area contributed by atoms with E-state index in [4.69, 9.17) is 15.9 Å². The molecule has 2 amide bonds. The molecule has 1 spiro atoms. The lowest BCUT2D eigenvalue weighted by Crippen LogP contribution is -2.60. The first-order valence-electron chi connectivity index (χ1n) is 11.3. The molecular weight excluding hydrogens is 406 g/mol. The third kappa shape index (κ3) is 3.46. The second kappa shape index (κ2) is 7.33. The normalized spacial score (nSPS) is 30.2. The number of rotatable bonds is 6. The number of nitrogens with two attached hydrogens (primary N) is 1. The molecule has 0 radical (unpaired) electrons. The summed E-state index contributed by atoms with van der Waals surface area (Å²) in [7, 11) is 1.35. The summed E-state index contributed by atoms with van der Waals surface area (Å²) in [5.74, 6) is -0.436. The SMILES string of the molecule is COC(=N)C=C(N)C(=O)NC12CC1(C(=O)N1CCC3(CC1)CN(Cc1ccccc1)C3)C2. The Bertz CT molecular complexity index is 967. The number of nitrogens with one attached hydrogen (secondary N) is 2. The Morgan fingerprint density at radius 1 is 1.19 bits per heavy atom. The number of nitrogens with zero attached hydrogens (tertiary/aromatic N) is 2. The Balaban J connectivity index is 1.09. The molecular formula is C24H31N5O3. The van der Waals surface area contributed by atoms with Gasteiger partial charge in [0, 0.05) is 38.8 Å². The predicted octanol–water partition coefficient (Wildman–Crippen LogP) is 1.23. The molecule has 2 aliphatic heterocycles. The highest BCUT2D eigenvalue weighted by Gasteiger charge is 2.88. The molecule has 4 aliphatic rings. The summed E-state index contributed by atoms with van der Waals surface area (Å²) in [5.41, 5.74) is 6.51. The Morgan fingerprint density at radius 3 is 2.47 bits per heavy atom. The van der Waals surface area contributed by atoms with E-state index >= 15 is 0 Å². The lowest BCUT2D eigenvalue weighted by atomic mass is 9.71. The van der Waals surface area contributed by atoms with Gasteiger partial charge in [0.05, 0.1) is 18.1 Å². The third-order valence-electron chi connectivity index (χ3n) is 7.88. The quantitative estimate of drug-likeness (QED) is 0.352. The Morgan fingerprint density at radius 2 is 1.84 bits per heavy atom. The van der Waals surface area contributed by atoms with Gasteiger partial charge in [0.2, 0.25) is 11.8 Å². The largest absolute Gasteiger partial charge is 0.481 e. The summed E-state index contributed by atoms with van der Waals surface area (Å²) < 4.78 is 4.71. The standard InChI is InChI=1S/C24H31N5O3/c1-32-19(26)11-18(25)20(30)27-24-13-23(24,14-24)21(31)29-9-7-22(8-10-29)15-28(16-22)12-17-5-3-2-4-6-17/h2-6,11,26H,7-10,12-16,25H2,1H3,(H,27,30). The highest BCUT2D eigenvalue weighted by atomic mass is 16.5. The van der Waals surface area contributed by atoms with Crippen LogP contribution in [0.3, 0.4) is 0 Å². The van der Waals surface area contributed by atoms with Crippen molar-refractivity contribution in [2.75, 3.05) is 33.3 Å². The maximum Gasteiger partial charge on any atom is 0.267 e. The van der Waals surface area contributed by atoms with E-state index in [2.05, 4.69) is 34.5 Å². The molecule has 0 atom stereocenters. The van der Waals surface area contributed by atoms with Gasteiger partial charge in [-0.1, -0.05) is 30.3 Å². The molecule has 5 rings (SSSR count). The van der Waals surface area contributed by atoms with Crippen molar-refractivity contribution in [3.05, 3.63) is 47.7 Å². The average Bonchev–Trinajstić information content (AvgIpc) is 3.60. The zero-order valence-electron chi connectivity index (χ0n) is 18.5. The molecule has 1 aromatic carbocycles.